The molecule has 2 aromatic heterocycles. The third-order valence-corrected chi connectivity index (χ3v) is 7.53. The van der Waals surface area contributed by atoms with Crippen LogP contribution in [-0.4, -0.2) is 20.7 Å². The van der Waals surface area contributed by atoms with Crippen LogP contribution in [0.25, 0.3) is 44.0 Å². The van der Waals surface area contributed by atoms with Gasteiger partial charge in [-0.05, 0) is 35.6 Å². The highest BCUT2D eigenvalue weighted by molar-refractivity contribution is 6.40. The van der Waals surface area contributed by atoms with E-state index in [1.807, 2.05) is 12.3 Å². The topological polar surface area (TPSA) is 26.0 Å². The quantitative estimate of drug-likeness (QED) is 0.378. The molecule has 2 nitrogen and oxygen atoms in total. The molecule has 4 heteroatoms. The van der Waals surface area contributed by atoms with Crippen molar-refractivity contribution in [1.29, 1.82) is 0 Å². The predicted octanol–water partition coefficient (Wildman–Crippen LogP) is 5.41. The Labute approximate surface area is 184 Å². The van der Waals surface area contributed by atoms with E-state index in [1.165, 1.54) is 36.6 Å². The van der Waals surface area contributed by atoms with Crippen LogP contribution < -0.4 is 0 Å². The van der Waals surface area contributed by atoms with Crippen LogP contribution in [0.1, 0.15) is 31.2 Å². The zero-order chi connectivity index (χ0) is 21.0. The van der Waals surface area contributed by atoms with Crippen molar-refractivity contribution < 1.29 is 4.42 Å². The van der Waals surface area contributed by atoms with E-state index in [0.29, 0.717) is 0 Å². The molecule has 6 rings (SSSR count). The van der Waals surface area contributed by atoms with Crippen LogP contribution in [-0.2, 0) is 5.21 Å². The summed E-state index contributed by atoms with van der Waals surface area (Å²) >= 11 is 0. The van der Waals surface area contributed by atoms with Crippen molar-refractivity contribution in [2.45, 2.75) is 30.9 Å². The molecule has 1 aliphatic carbocycles. The highest BCUT2D eigenvalue weighted by Gasteiger charge is 2.33. The smallest absolute Gasteiger partial charge is 0.143 e. The molecule has 3 aromatic carbocycles. The Morgan fingerprint density at radius 1 is 0.871 bits per heavy atom. The molecule has 0 saturated heterocycles. The SMILES string of the molecule is BC(B)(c1ccnc(-c2cc3ccccc3c3oc4ccccc4c23)c1)C1CCCC1. The van der Waals surface area contributed by atoms with Crippen molar-refractivity contribution in [3.8, 4) is 11.3 Å². The number of benzene rings is 3. The Morgan fingerprint density at radius 2 is 1.61 bits per heavy atom. The lowest BCUT2D eigenvalue weighted by atomic mass is 9.45. The Bertz CT molecular complexity index is 1430. The van der Waals surface area contributed by atoms with Gasteiger partial charge in [0.05, 0.1) is 5.69 Å². The lowest BCUT2D eigenvalue weighted by Crippen LogP contribution is -2.35. The molecular weight excluding hydrogens is 376 g/mol. The van der Waals surface area contributed by atoms with Crippen LogP contribution >= 0.6 is 0 Å². The fourth-order valence-corrected chi connectivity index (χ4v) is 5.62. The first-order valence-electron chi connectivity index (χ1n) is 11.4. The average Bonchev–Trinajstić information content (AvgIpc) is 3.48. The molecular formula is C27H25B2NO. The van der Waals surface area contributed by atoms with E-state index in [2.05, 4.69) is 76.4 Å². The number of rotatable bonds is 3. The molecule has 1 fully saturated rings. The molecule has 1 saturated carbocycles. The Morgan fingerprint density at radius 3 is 2.45 bits per heavy atom. The Hall–Kier alpha value is -3.00. The summed E-state index contributed by atoms with van der Waals surface area (Å²) < 4.78 is 6.38. The lowest BCUT2D eigenvalue weighted by Gasteiger charge is -2.32. The van der Waals surface area contributed by atoms with Gasteiger partial charge in [0, 0.05) is 27.9 Å². The van der Waals surface area contributed by atoms with Gasteiger partial charge in [0.2, 0.25) is 0 Å². The van der Waals surface area contributed by atoms with Crippen molar-refractivity contribution in [1.82, 2.24) is 4.98 Å². The molecule has 0 amide bonds. The fourth-order valence-electron chi connectivity index (χ4n) is 5.62. The maximum atomic E-state index is 6.38. The van der Waals surface area contributed by atoms with Gasteiger partial charge in [0.25, 0.3) is 0 Å². The molecule has 1 aliphatic rings. The summed E-state index contributed by atoms with van der Waals surface area (Å²) in [5.41, 5.74) is 5.46. The van der Waals surface area contributed by atoms with E-state index >= 15 is 0 Å². The standard InChI is InChI=1S/C27H25B2NO/c28-27(29,18-8-2-3-9-18)19-13-14-30-23(16-19)22-15-17-7-1-4-10-20(17)26-25(22)21-11-5-6-12-24(21)31-26/h1,4-7,10-16,18H,2-3,8-9,28-29H2. The Balaban J connectivity index is 1.62. The molecule has 31 heavy (non-hydrogen) atoms. The number of hydrogen-bond donors (Lipinski definition) is 0. The minimum absolute atomic E-state index is 0.155. The molecule has 0 bridgehead atoms. The summed E-state index contributed by atoms with van der Waals surface area (Å²) in [7, 11) is 4.82. The second kappa shape index (κ2) is 7.02. The number of pyridine rings is 1. The van der Waals surface area contributed by atoms with Gasteiger partial charge in [0.15, 0.2) is 0 Å². The van der Waals surface area contributed by atoms with Gasteiger partial charge in [-0.2, -0.15) is 0 Å². The molecule has 5 aromatic rings. The highest BCUT2D eigenvalue weighted by Crippen LogP contribution is 2.42. The van der Waals surface area contributed by atoms with Gasteiger partial charge in [0.1, 0.15) is 26.9 Å². The van der Waals surface area contributed by atoms with Gasteiger partial charge < -0.3 is 4.42 Å². The van der Waals surface area contributed by atoms with Crippen molar-refractivity contribution in [2.75, 3.05) is 0 Å². The summed E-state index contributed by atoms with van der Waals surface area (Å²) in [5, 5.41) is 4.81. The van der Waals surface area contributed by atoms with Gasteiger partial charge in [-0.15, -0.1) is 0 Å². The number of hydrogen-bond acceptors (Lipinski definition) is 2. The highest BCUT2D eigenvalue weighted by atomic mass is 16.3. The number of para-hydroxylation sites is 1. The normalized spacial score (nSPS) is 15.4. The maximum absolute atomic E-state index is 6.38. The number of fused-ring (bicyclic) bond motifs is 5. The first-order valence-corrected chi connectivity index (χ1v) is 11.4. The van der Waals surface area contributed by atoms with Crippen molar-refractivity contribution in [3.63, 3.8) is 0 Å². The zero-order valence-corrected chi connectivity index (χ0v) is 18.2. The molecule has 2 heterocycles. The van der Waals surface area contributed by atoms with E-state index in [9.17, 15) is 0 Å². The van der Waals surface area contributed by atoms with Crippen LogP contribution in [0.2, 0.25) is 0 Å². The molecule has 0 atom stereocenters. The van der Waals surface area contributed by atoms with E-state index in [-0.39, 0.29) is 5.21 Å². The van der Waals surface area contributed by atoms with E-state index in [4.69, 9.17) is 9.40 Å². The van der Waals surface area contributed by atoms with Crippen molar-refractivity contribution in [2.24, 2.45) is 5.92 Å². The van der Waals surface area contributed by atoms with E-state index in [1.54, 1.807) is 0 Å². The van der Waals surface area contributed by atoms with Gasteiger partial charge in [-0.1, -0.05) is 78.9 Å². The van der Waals surface area contributed by atoms with E-state index in [0.717, 1.165) is 44.5 Å². The summed E-state index contributed by atoms with van der Waals surface area (Å²) in [6.07, 6.45) is 7.37. The second-order valence-electron chi connectivity index (χ2n) is 9.58. The molecule has 0 unspecified atom stereocenters. The first-order chi connectivity index (χ1) is 15.1. The number of aromatic nitrogens is 1. The maximum Gasteiger partial charge on any atom is 0.143 e. The lowest BCUT2D eigenvalue weighted by molar-refractivity contribution is 0.486. The molecule has 0 N–H and O–H groups in total. The predicted molar refractivity (Wildman–Crippen MR) is 135 cm³/mol. The minimum Gasteiger partial charge on any atom is -0.455 e. The van der Waals surface area contributed by atoms with Gasteiger partial charge >= 0.3 is 0 Å². The Kier molecular flexibility index (Phi) is 4.24. The third-order valence-electron chi connectivity index (χ3n) is 7.53. The van der Waals surface area contributed by atoms with Crippen LogP contribution in [0.4, 0.5) is 0 Å². The largest absolute Gasteiger partial charge is 0.455 e. The molecule has 0 aliphatic heterocycles. The van der Waals surface area contributed by atoms with Gasteiger partial charge in [-0.25, -0.2) is 0 Å². The van der Waals surface area contributed by atoms with Crippen LogP contribution in [0.3, 0.4) is 0 Å². The van der Waals surface area contributed by atoms with Gasteiger partial charge in [-0.3, -0.25) is 4.98 Å². The van der Waals surface area contributed by atoms with Crippen LogP contribution in [0, 0.1) is 5.92 Å². The molecule has 0 spiro atoms. The van der Waals surface area contributed by atoms with Crippen LogP contribution in [0.5, 0.6) is 0 Å². The second-order valence-corrected chi connectivity index (χ2v) is 9.58. The van der Waals surface area contributed by atoms with Crippen molar-refractivity contribution >= 4 is 48.4 Å². The van der Waals surface area contributed by atoms with E-state index < -0.39 is 0 Å². The summed E-state index contributed by atoms with van der Waals surface area (Å²) in [6, 6.07) is 23.6. The monoisotopic (exact) mass is 401 g/mol. The summed E-state index contributed by atoms with van der Waals surface area (Å²) in [4.78, 5) is 4.85. The molecule has 150 valence electrons. The zero-order valence-electron chi connectivity index (χ0n) is 18.2. The van der Waals surface area contributed by atoms with Crippen molar-refractivity contribution in [3.05, 3.63) is 78.5 Å². The molecule has 0 radical (unpaired) electrons. The number of nitrogens with zero attached hydrogens (tertiary/aromatic N) is 1. The summed E-state index contributed by atoms with van der Waals surface area (Å²) in [5.74, 6) is 0.745. The first kappa shape index (κ1) is 18.7. The minimum atomic E-state index is 0.155. The third kappa shape index (κ3) is 2.92. The fraction of sp³-hybridized carbons (Fsp3) is 0.222. The van der Waals surface area contributed by atoms with Crippen LogP contribution in [0.15, 0.2) is 77.3 Å². The summed E-state index contributed by atoms with van der Waals surface area (Å²) in [6.45, 7) is 0. The number of furan rings is 1. The average molecular weight is 401 g/mol.